The Balaban J connectivity index is 2.95. The molecule has 0 aromatic heterocycles. The summed E-state index contributed by atoms with van der Waals surface area (Å²) in [7, 11) is 1.52. The van der Waals surface area contributed by atoms with E-state index in [9.17, 15) is 14.9 Å². The molecular weight excluding hydrogens is 274 g/mol. The van der Waals surface area contributed by atoms with E-state index >= 15 is 0 Å². The molecule has 1 aromatic carbocycles. The normalized spacial score (nSPS) is 11.9. The van der Waals surface area contributed by atoms with Crippen molar-refractivity contribution in [2.45, 2.75) is 13.0 Å². The molecule has 0 bridgehead atoms. The van der Waals surface area contributed by atoms with Gasteiger partial charge in [0.2, 0.25) is 0 Å². The number of halogens is 1. The summed E-state index contributed by atoms with van der Waals surface area (Å²) in [5, 5.41) is 13.3. The summed E-state index contributed by atoms with van der Waals surface area (Å²) < 4.78 is 4.97. The predicted molar refractivity (Wildman–Crippen MR) is 71.3 cm³/mol. The fourth-order valence-corrected chi connectivity index (χ4v) is 1.52. The average molecular weight is 288 g/mol. The van der Waals surface area contributed by atoms with E-state index in [1.165, 1.54) is 13.2 Å². The second kappa shape index (κ2) is 6.35. The number of nitro groups is 1. The van der Waals surface area contributed by atoms with Crippen molar-refractivity contribution in [1.82, 2.24) is 5.32 Å². The molecule has 19 heavy (non-hydrogen) atoms. The summed E-state index contributed by atoms with van der Waals surface area (Å²) in [6.07, 6.45) is -0.164. The second-order valence-corrected chi connectivity index (χ2v) is 4.31. The number of carbonyl (C=O) groups excluding carboxylic acids is 1. The zero-order valence-corrected chi connectivity index (χ0v) is 11.2. The van der Waals surface area contributed by atoms with Crippen molar-refractivity contribution in [2.75, 3.05) is 19.4 Å². The van der Waals surface area contributed by atoms with Crippen molar-refractivity contribution in [3.8, 4) is 0 Å². The van der Waals surface area contributed by atoms with E-state index in [1.54, 1.807) is 6.92 Å². The van der Waals surface area contributed by atoms with Gasteiger partial charge in [-0.15, -0.1) is 0 Å². The van der Waals surface area contributed by atoms with Gasteiger partial charge >= 0.3 is 0 Å². The van der Waals surface area contributed by atoms with E-state index in [-0.39, 0.29) is 28.9 Å². The number of methoxy groups -OCH3 is 1. The van der Waals surface area contributed by atoms with Crippen LogP contribution >= 0.6 is 11.6 Å². The lowest BCUT2D eigenvalue weighted by Gasteiger charge is -2.11. The van der Waals surface area contributed by atoms with E-state index in [0.717, 1.165) is 6.07 Å². The number of nitro benzene ring substituents is 1. The molecule has 0 spiro atoms. The minimum atomic E-state index is -0.685. The molecule has 0 radical (unpaired) electrons. The standard InChI is InChI=1S/C11H14ClN3O4/c1-6(19-2)5-14-11(16)7-3-8(12)10(13)9(4-7)15(17)18/h3-4,6H,5,13H2,1-2H3,(H,14,16). The van der Waals surface area contributed by atoms with Crippen LogP contribution in [0.25, 0.3) is 0 Å². The zero-order chi connectivity index (χ0) is 14.6. The number of nitrogen functional groups attached to an aromatic ring is 1. The van der Waals surface area contributed by atoms with Gasteiger partial charge in [-0.25, -0.2) is 0 Å². The molecule has 1 unspecified atom stereocenters. The molecule has 7 nitrogen and oxygen atoms in total. The maximum Gasteiger partial charge on any atom is 0.294 e. The summed E-state index contributed by atoms with van der Waals surface area (Å²) in [6.45, 7) is 2.06. The molecule has 1 rings (SSSR count). The molecule has 3 N–H and O–H groups in total. The van der Waals surface area contributed by atoms with Crippen LogP contribution in [0.3, 0.4) is 0 Å². The maximum atomic E-state index is 11.8. The van der Waals surface area contributed by atoms with Crippen LogP contribution in [0.1, 0.15) is 17.3 Å². The van der Waals surface area contributed by atoms with Gasteiger partial charge in [0, 0.05) is 25.3 Å². The molecule has 1 aromatic rings. The van der Waals surface area contributed by atoms with E-state index in [1.807, 2.05) is 0 Å². The fourth-order valence-electron chi connectivity index (χ4n) is 1.31. The maximum absolute atomic E-state index is 11.8. The summed E-state index contributed by atoms with van der Waals surface area (Å²) >= 11 is 5.76. The van der Waals surface area contributed by atoms with Crippen LogP contribution in [0.2, 0.25) is 5.02 Å². The fraction of sp³-hybridized carbons (Fsp3) is 0.364. The van der Waals surface area contributed by atoms with Gasteiger partial charge in [-0.3, -0.25) is 14.9 Å². The van der Waals surface area contributed by atoms with Crippen LogP contribution in [-0.4, -0.2) is 30.6 Å². The largest absolute Gasteiger partial charge is 0.392 e. The third kappa shape index (κ3) is 3.80. The van der Waals surface area contributed by atoms with Crippen molar-refractivity contribution in [3.05, 3.63) is 32.8 Å². The summed E-state index contributed by atoms with van der Waals surface area (Å²) in [6, 6.07) is 2.38. The lowest BCUT2D eigenvalue weighted by atomic mass is 10.1. The zero-order valence-electron chi connectivity index (χ0n) is 10.5. The number of rotatable bonds is 5. The SMILES string of the molecule is COC(C)CNC(=O)c1cc(Cl)c(N)c([N+](=O)[O-])c1. The third-order valence-corrected chi connectivity index (χ3v) is 2.83. The summed E-state index contributed by atoms with van der Waals surface area (Å²) in [4.78, 5) is 21.9. The van der Waals surface area contributed by atoms with Gasteiger partial charge < -0.3 is 15.8 Å². The van der Waals surface area contributed by atoms with Crippen molar-refractivity contribution in [1.29, 1.82) is 0 Å². The van der Waals surface area contributed by atoms with Crippen molar-refractivity contribution < 1.29 is 14.5 Å². The molecule has 1 atom stereocenters. The van der Waals surface area contributed by atoms with Crippen molar-refractivity contribution >= 4 is 28.9 Å². The van der Waals surface area contributed by atoms with Crippen LogP contribution in [0, 0.1) is 10.1 Å². The van der Waals surface area contributed by atoms with Crippen LogP contribution in [-0.2, 0) is 4.74 Å². The van der Waals surface area contributed by atoms with E-state index < -0.39 is 16.5 Å². The number of ether oxygens (including phenoxy) is 1. The van der Waals surface area contributed by atoms with Crippen molar-refractivity contribution in [3.63, 3.8) is 0 Å². The number of hydrogen-bond acceptors (Lipinski definition) is 5. The highest BCUT2D eigenvalue weighted by molar-refractivity contribution is 6.34. The molecule has 0 saturated heterocycles. The summed E-state index contributed by atoms with van der Waals surface area (Å²) in [5.74, 6) is -0.478. The number of amides is 1. The van der Waals surface area contributed by atoms with Gasteiger partial charge in [-0.1, -0.05) is 11.6 Å². The van der Waals surface area contributed by atoms with Gasteiger partial charge in [0.25, 0.3) is 11.6 Å². The first-order valence-corrected chi connectivity index (χ1v) is 5.79. The Kier molecular flexibility index (Phi) is 5.08. The summed E-state index contributed by atoms with van der Waals surface area (Å²) in [5.41, 5.74) is 5.00. The van der Waals surface area contributed by atoms with Gasteiger partial charge in [0.1, 0.15) is 5.69 Å². The van der Waals surface area contributed by atoms with Gasteiger partial charge in [0.15, 0.2) is 0 Å². The highest BCUT2D eigenvalue weighted by atomic mass is 35.5. The molecule has 0 heterocycles. The molecule has 0 aliphatic carbocycles. The van der Waals surface area contributed by atoms with E-state index in [2.05, 4.69) is 5.32 Å². The molecule has 0 fully saturated rings. The van der Waals surface area contributed by atoms with Crippen LogP contribution in [0.4, 0.5) is 11.4 Å². The molecule has 0 aliphatic heterocycles. The molecule has 0 aliphatic rings. The Bertz CT molecular complexity index is 507. The number of carbonyl (C=O) groups is 1. The van der Waals surface area contributed by atoms with Crippen LogP contribution in [0.5, 0.6) is 0 Å². The minimum Gasteiger partial charge on any atom is -0.392 e. The van der Waals surface area contributed by atoms with E-state index in [4.69, 9.17) is 22.1 Å². The molecule has 8 heteroatoms. The molecule has 1 amide bonds. The van der Waals surface area contributed by atoms with Gasteiger partial charge in [-0.05, 0) is 13.0 Å². The lowest BCUT2D eigenvalue weighted by Crippen LogP contribution is -2.31. The van der Waals surface area contributed by atoms with Gasteiger partial charge in [0.05, 0.1) is 16.0 Å². The highest BCUT2D eigenvalue weighted by Gasteiger charge is 2.19. The first-order chi connectivity index (χ1) is 8.86. The predicted octanol–water partition coefficient (Wildman–Crippen LogP) is 1.60. The third-order valence-electron chi connectivity index (χ3n) is 2.52. The Morgan fingerprint density at radius 2 is 2.26 bits per heavy atom. The molecular formula is C11H14ClN3O4. The number of anilines is 1. The minimum absolute atomic E-state index is 0.0286. The number of hydrogen-bond donors (Lipinski definition) is 2. The second-order valence-electron chi connectivity index (χ2n) is 3.90. The molecule has 104 valence electrons. The topological polar surface area (TPSA) is 107 Å². The Morgan fingerprint density at radius 3 is 2.79 bits per heavy atom. The number of nitrogens with one attached hydrogen (secondary N) is 1. The first kappa shape index (κ1) is 15.2. The number of nitrogens with zero attached hydrogens (tertiary/aromatic N) is 1. The Morgan fingerprint density at radius 1 is 1.63 bits per heavy atom. The average Bonchev–Trinajstić information content (AvgIpc) is 2.37. The quantitative estimate of drug-likeness (QED) is 0.486. The Hall–Kier alpha value is -1.86. The van der Waals surface area contributed by atoms with Crippen LogP contribution in [0.15, 0.2) is 12.1 Å². The first-order valence-electron chi connectivity index (χ1n) is 5.41. The number of nitrogens with two attached hydrogens (primary N) is 1. The molecule has 0 saturated carbocycles. The monoisotopic (exact) mass is 287 g/mol. The van der Waals surface area contributed by atoms with E-state index in [0.29, 0.717) is 0 Å². The van der Waals surface area contributed by atoms with Crippen LogP contribution < -0.4 is 11.1 Å². The Labute approximate surface area is 114 Å². The highest BCUT2D eigenvalue weighted by Crippen LogP contribution is 2.30. The lowest BCUT2D eigenvalue weighted by molar-refractivity contribution is -0.383. The number of benzene rings is 1. The van der Waals surface area contributed by atoms with Crippen molar-refractivity contribution in [2.24, 2.45) is 0 Å². The van der Waals surface area contributed by atoms with Gasteiger partial charge in [-0.2, -0.15) is 0 Å². The smallest absolute Gasteiger partial charge is 0.294 e.